The number of urea groups is 1. The van der Waals surface area contributed by atoms with Gasteiger partial charge in [-0.05, 0) is 42.6 Å². The van der Waals surface area contributed by atoms with Crippen LogP contribution in [0.15, 0.2) is 47.8 Å². The zero-order valence-corrected chi connectivity index (χ0v) is 35.3. The number of guanidine groups is 1. The molecular weight excluding hydrogens is 781 g/mol. The third-order valence-electron chi connectivity index (χ3n) is 9.22. The Morgan fingerprint density at radius 2 is 1.47 bits per heavy atom. The molecule has 60 heavy (non-hydrogen) atoms. The summed E-state index contributed by atoms with van der Waals surface area (Å²) in [5, 5.41) is 13.1. The fraction of sp³-hybridized carbons (Fsp3) is 0.564. The molecule has 0 spiro atoms. The Labute approximate surface area is 350 Å². The van der Waals surface area contributed by atoms with Crippen molar-refractivity contribution < 1.29 is 43.0 Å². The van der Waals surface area contributed by atoms with E-state index in [0.717, 1.165) is 5.56 Å². The SMILES string of the molecule is CC[C@H](C)[C@H](NC(=O)NNC(=O)[C@H](Cc1cnc[nH]1)NC(=O)[C@H](CC(C)C)NC(=O)[C@H](CCCN=C(N)N)NC(=O)OCc1ccccc1)C(=O)N[C@H](C(=O)OC)C(C)C. The smallest absolute Gasteiger partial charge is 0.408 e. The molecule has 7 amide bonds. The monoisotopic (exact) mass is 842 g/mol. The minimum atomic E-state index is -1.31. The highest BCUT2D eigenvalue weighted by Crippen LogP contribution is 2.12. The predicted molar refractivity (Wildman–Crippen MR) is 221 cm³/mol. The first-order chi connectivity index (χ1) is 28.4. The third kappa shape index (κ3) is 18.0. The number of carbonyl (C=O) groups is 7. The second-order valence-electron chi connectivity index (χ2n) is 14.9. The summed E-state index contributed by atoms with van der Waals surface area (Å²) in [6.07, 6.45) is 2.86. The molecule has 1 aromatic heterocycles. The van der Waals surface area contributed by atoms with Gasteiger partial charge >= 0.3 is 18.1 Å². The highest BCUT2D eigenvalue weighted by molar-refractivity contribution is 5.95. The number of aromatic nitrogens is 2. The number of benzene rings is 1. The summed E-state index contributed by atoms with van der Waals surface area (Å²) in [5.41, 5.74) is 16.6. The van der Waals surface area contributed by atoms with Crippen LogP contribution in [0, 0.1) is 17.8 Å². The lowest BCUT2D eigenvalue weighted by molar-refractivity contribution is -0.146. The fourth-order valence-electron chi connectivity index (χ4n) is 5.70. The summed E-state index contributed by atoms with van der Waals surface area (Å²) >= 11 is 0. The number of H-pyrrole nitrogens is 1. The number of nitrogens with zero attached hydrogens (tertiary/aromatic N) is 2. The highest BCUT2D eigenvalue weighted by atomic mass is 16.5. The maximum atomic E-state index is 13.9. The quantitative estimate of drug-likeness (QED) is 0.0239. The molecule has 6 atom stereocenters. The van der Waals surface area contributed by atoms with Crippen molar-refractivity contribution >= 4 is 47.7 Å². The van der Waals surface area contributed by atoms with Gasteiger partial charge in [0.1, 0.15) is 36.8 Å². The van der Waals surface area contributed by atoms with Crippen molar-refractivity contribution in [1.29, 1.82) is 0 Å². The first kappa shape index (κ1) is 49.7. The molecule has 0 aliphatic heterocycles. The van der Waals surface area contributed by atoms with E-state index in [2.05, 4.69) is 52.4 Å². The van der Waals surface area contributed by atoms with Crippen LogP contribution in [0.25, 0.3) is 0 Å². The van der Waals surface area contributed by atoms with Crippen molar-refractivity contribution in [2.24, 2.45) is 34.2 Å². The van der Waals surface area contributed by atoms with Gasteiger partial charge in [-0.25, -0.2) is 24.8 Å². The maximum Gasteiger partial charge on any atom is 0.408 e. The molecule has 0 aliphatic carbocycles. The first-order valence-electron chi connectivity index (χ1n) is 19.8. The molecule has 1 heterocycles. The molecular formula is C39H62N12O9. The Morgan fingerprint density at radius 3 is 2.05 bits per heavy atom. The first-order valence-corrected chi connectivity index (χ1v) is 19.8. The van der Waals surface area contributed by atoms with Gasteiger partial charge < -0.3 is 52.5 Å². The summed E-state index contributed by atoms with van der Waals surface area (Å²) < 4.78 is 10.1. The van der Waals surface area contributed by atoms with Gasteiger partial charge in [0.05, 0.1) is 13.4 Å². The average molecular weight is 843 g/mol. The van der Waals surface area contributed by atoms with E-state index in [4.69, 9.17) is 20.9 Å². The molecule has 0 unspecified atom stereocenters. The zero-order chi connectivity index (χ0) is 44.8. The van der Waals surface area contributed by atoms with Crippen molar-refractivity contribution in [2.45, 2.75) is 110 Å². The standard InChI is InChI=1S/C39H62N12O9/c1-8-24(6)31(35(55)48-30(23(4)5)36(56)59-7)49-38(57)51-50-34(54)29(18-26-19-42-21-44-26)46-33(53)28(17-22(2)3)45-32(52)27(15-12-16-43-37(40)41)47-39(58)60-20-25-13-10-9-11-14-25/h9-11,13-14,19,21-24,27-31H,8,12,15-18,20H2,1-7H3,(H,42,44)(H,45,52)(H,46,53)(H,47,58)(H,48,55)(H,50,54)(H4,40,41,43)(H2,49,51,57)/t24-,27-,28-,29-,30-,31-/m0/s1. The summed E-state index contributed by atoms with van der Waals surface area (Å²) in [4.78, 5) is 103. The lowest BCUT2D eigenvalue weighted by atomic mass is 9.97. The van der Waals surface area contributed by atoms with Gasteiger partial charge in [0.15, 0.2) is 5.96 Å². The number of carbonyl (C=O) groups excluding carboxylic acids is 7. The molecule has 1 aromatic carbocycles. The molecule has 2 aromatic rings. The van der Waals surface area contributed by atoms with E-state index in [1.807, 2.05) is 26.8 Å². The number of nitrogens with one attached hydrogen (secondary N) is 8. The fourth-order valence-corrected chi connectivity index (χ4v) is 5.70. The molecule has 0 fully saturated rings. The van der Waals surface area contributed by atoms with Crippen LogP contribution >= 0.6 is 0 Å². The van der Waals surface area contributed by atoms with Crippen molar-refractivity contribution in [3.8, 4) is 0 Å². The predicted octanol–water partition coefficient (Wildman–Crippen LogP) is 0.375. The molecule has 332 valence electrons. The Morgan fingerprint density at radius 1 is 0.800 bits per heavy atom. The summed E-state index contributed by atoms with van der Waals surface area (Å²) in [7, 11) is 1.20. The molecule has 21 heteroatoms. The molecule has 0 bridgehead atoms. The summed E-state index contributed by atoms with van der Waals surface area (Å²) in [5.74, 6) is -4.50. The maximum absolute atomic E-state index is 13.9. The number of ether oxygens (including phenoxy) is 2. The molecule has 0 aliphatic rings. The van der Waals surface area contributed by atoms with E-state index in [0.29, 0.717) is 12.1 Å². The van der Waals surface area contributed by atoms with Crippen molar-refractivity contribution in [3.05, 3.63) is 54.1 Å². The minimum absolute atomic E-state index is 0.0484. The van der Waals surface area contributed by atoms with Gasteiger partial charge in [-0.3, -0.25) is 29.6 Å². The van der Waals surface area contributed by atoms with E-state index in [1.165, 1.54) is 19.6 Å². The number of imidazole rings is 1. The Hall–Kier alpha value is -6.41. The van der Waals surface area contributed by atoms with Crippen molar-refractivity contribution in [3.63, 3.8) is 0 Å². The number of amides is 7. The number of esters is 1. The number of aliphatic imine (C=N–C) groups is 1. The number of nitrogens with two attached hydrogens (primary N) is 2. The lowest BCUT2D eigenvalue weighted by Crippen LogP contribution is -2.61. The van der Waals surface area contributed by atoms with Gasteiger partial charge in [0.2, 0.25) is 17.7 Å². The largest absolute Gasteiger partial charge is 0.467 e. The van der Waals surface area contributed by atoms with E-state index >= 15 is 0 Å². The van der Waals surface area contributed by atoms with E-state index < -0.39 is 71.9 Å². The number of hydrogen-bond donors (Lipinski definition) is 10. The van der Waals surface area contributed by atoms with Gasteiger partial charge in [0.25, 0.3) is 5.91 Å². The zero-order valence-electron chi connectivity index (χ0n) is 35.3. The average Bonchev–Trinajstić information content (AvgIpc) is 3.73. The van der Waals surface area contributed by atoms with Crippen molar-refractivity contribution in [2.75, 3.05) is 13.7 Å². The van der Waals surface area contributed by atoms with Crippen LogP contribution in [-0.2, 0) is 46.5 Å². The number of methoxy groups -OCH3 is 1. The number of rotatable bonds is 23. The van der Waals surface area contributed by atoms with E-state index in [1.54, 1.807) is 45.0 Å². The van der Waals surface area contributed by atoms with E-state index in [9.17, 15) is 33.6 Å². The highest BCUT2D eigenvalue weighted by Gasteiger charge is 2.33. The number of hydrogen-bond acceptors (Lipinski definition) is 11. The molecule has 2 rings (SSSR count). The summed E-state index contributed by atoms with van der Waals surface area (Å²) in [6, 6.07) is 2.28. The van der Waals surface area contributed by atoms with Gasteiger partial charge in [-0.1, -0.05) is 78.3 Å². The normalized spacial score (nSPS) is 13.9. The Kier molecular flexibility index (Phi) is 21.4. The molecule has 0 radical (unpaired) electrons. The van der Waals surface area contributed by atoms with Crippen LogP contribution in [0.4, 0.5) is 9.59 Å². The van der Waals surface area contributed by atoms with Crippen LogP contribution in [0.2, 0.25) is 0 Å². The van der Waals surface area contributed by atoms with E-state index in [-0.39, 0.29) is 62.5 Å². The third-order valence-corrected chi connectivity index (χ3v) is 9.22. The Balaban J connectivity index is 2.22. The summed E-state index contributed by atoms with van der Waals surface area (Å²) in [6.45, 7) is 10.8. The van der Waals surface area contributed by atoms with Crippen LogP contribution < -0.4 is 48.9 Å². The van der Waals surface area contributed by atoms with Gasteiger partial charge in [0, 0.05) is 24.9 Å². The van der Waals surface area contributed by atoms with Crippen LogP contribution in [0.5, 0.6) is 0 Å². The Bertz CT molecular complexity index is 1720. The molecule has 12 N–H and O–H groups in total. The second-order valence-corrected chi connectivity index (χ2v) is 14.9. The molecule has 0 saturated carbocycles. The number of hydrazine groups is 1. The van der Waals surface area contributed by atoms with Crippen molar-refractivity contribution in [1.82, 2.24) is 47.4 Å². The molecule has 0 saturated heterocycles. The number of aromatic amines is 1. The topological polar surface area (TPSA) is 315 Å². The van der Waals surface area contributed by atoms with Crippen LogP contribution in [0.1, 0.15) is 78.5 Å². The second kappa shape index (κ2) is 25.8. The lowest BCUT2D eigenvalue weighted by Gasteiger charge is -2.27. The van der Waals surface area contributed by atoms with Gasteiger partial charge in [-0.2, -0.15) is 0 Å². The van der Waals surface area contributed by atoms with Crippen LogP contribution in [0.3, 0.4) is 0 Å². The van der Waals surface area contributed by atoms with Gasteiger partial charge in [-0.15, -0.1) is 0 Å². The molecule has 21 nitrogen and oxygen atoms in total. The minimum Gasteiger partial charge on any atom is -0.467 e. The number of alkyl carbamates (subject to hydrolysis) is 1. The van der Waals surface area contributed by atoms with Crippen LogP contribution in [-0.4, -0.2) is 102 Å².